The Bertz CT molecular complexity index is 613. The number of aryl methyl sites for hydroxylation is 2. The Balaban J connectivity index is 2.04. The van der Waals surface area contributed by atoms with Crippen molar-refractivity contribution in [1.82, 2.24) is 9.97 Å². The molecule has 5 heteroatoms. The van der Waals surface area contributed by atoms with E-state index in [1.165, 1.54) is 11.1 Å². The summed E-state index contributed by atoms with van der Waals surface area (Å²) in [7, 11) is 0. The first kappa shape index (κ1) is 13.8. The summed E-state index contributed by atoms with van der Waals surface area (Å²) in [4.78, 5) is 8.41. The fourth-order valence-corrected chi connectivity index (χ4v) is 1.86. The number of nitriles is 1. The first-order chi connectivity index (χ1) is 9.71. The number of hydrogen-bond acceptors (Lipinski definition) is 5. The van der Waals surface area contributed by atoms with E-state index >= 15 is 0 Å². The normalized spacial score (nSPS) is 9.85. The van der Waals surface area contributed by atoms with Gasteiger partial charge in [0.1, 0.15) is 17.5 Å². The van der Waals surface area contributed by atoms with Crippen molar-refractivity contribution in [3.63, 3.8) is 0 Å². The van der Waals surface area contributed by atoms with Gasteiger partial charge in [0.05, 0.1) is 0 Å². The molecule has 0 spiro atoms. The molecule has 0 radical (unpaired) electrons. The van der Waals surface area contributed by atoms with Crippen molar-refractivity contribution in [3.8, 4) is 6.19 Å². The molecule has 1 aromatic carbocycles. The first-order valence-electron chi connectivity index (χ1n) is 6.53. The second kappa shape index (κ2) is 6.53. The Hall–Kier alpha value is -2.61. The molecule has 0 unspecified atom stereocenters. The Labute approximate surface area is 118 Å². The zero-order valence-electron chi connectivity index (χ0n) is 11.6. The van der Waals surface area contributed by atoms with Gasteiger partial charge in [-0.05, 0) is 24.5 Å². The molecular formula is C15H17N5. The van der Waals surface area contributed by atoms with Gasteiger partial charge in [-0.1, -0.05) is 31.2 Å². The first-order valence-corrected chi connectivity index (χ1v) is 6.53. The Morgan fingerprint density at radius 2 is 1.75 bits per heavy atom. The van der Waals surface area contributed by atoms with Gasteiger partial charge in [-0.3, -0.25) is 5.32 Å². The van der Waals surface area contributed by atoms with Crippen LogP contribution in [0.25, 0.3) is 0 Å². The quantitative estimate of drug-likeness (QED) is 0.643. The number of rotatable bonds is 5. The molecule has 2 rings (SSSR count). The standard InChI is InChI=1S/C15H17N5/c1-3-12-4-6-13(7-5-12)9-17-14-8-15(18-10-16)20-11(2)19-14/h4-8H,3,9H2,1-2H3,(H2,17,18,19,20). The lowest BCUT2D eigenvalue weighted by molar-refractivity contribution is 1.02. The number of aromatic nitrogens is 2. The van der Waals surface area contributed by atoms with Crippen molar-refractivity contribution in [2.24, 2.45) is 0 Å². The van der Waals surface area contributed by atoms with E-state index in [4.69, 9.17) is 5.26 Å². The van der Waals surface area contributed by atoms with Gasteiger partial charge in [-0.25, -0.2) is 9.97 Å². The van der Waals surface area contributed by atoms with Gasteiger partial charge in [-0.15, -0.1) is 0 Å². The highest BCUT2D eigenvalue weighted by atomic mass is 15.1. The lowest BCUT2D eigenvalue weighted by atomic mass is 10.1. The monoisotopic (exact) mass is 267 g/mol. The summed E-state index contributed by atoms with van der Waals surface area (Å²) in [6, 6.07) is 10.2. The summed E-state index contributed by atoms with van der Waals surface area (Å²) >= 11 is 0. The summed E-state index contributed by atoms with van der Waals surface area (Å²) in [5.41, 5.74) is 2.51. The van der Waals surface area contributed by atoms with E-state index in [1.54, 1.807) is 13.0 Å². The molecule has 2 N–H and O–H groups in total. The van der Waals surface area contributed by atoms with Gasteiger partial charge < -0.3 is 5.32 Å². The van der Waals surface area contributed by atoms with Gasteiger partial charge >= 0.3 is 0 Å². The zero-order chi connectivity index (χ0) is 14.4. The van der Waals surface area contributed by atoms with E-state index in [2.05, 4.69) is 51.8 Å². The van der Waals surface area contributed by atoms with Gasteiger partial charge in [-0.2, -0.15) is 5.26 Å². The van der Waals surface area contributed by atoms with Crippen molar-refractivity contribution in [2.75, 3.05) is 10.6 Å². The maximum atomic E-state index is 8.62. The highest BCUT2D eigenvalue weighted by Gasteiger charge is 2.01. The van der Waals surface area contributed by atoms with Gasteiger partial charge in [0, 0.05) is 12.6 Å². The molecule has 2 aromatic rings. The molecule has 20 heavy (non-hydrogen) atoms. The molecule has 0 saturated heterocycles. The summed E-state index contributed by atoms with van der Waals surface area (Å²) in [6.07, 6.45) is 2.90. The smallest absolute Gasteiger partial charge is 0.182 e. The van der Waals surface area contributed by atoms with Gasteiger partial charge in [0.2, 0.25) is 0 Å². The minimum atomic E-state index is 0.504. The summed E-state index contributed by atoms with van der Waals surface area (Å²) in [5, 5.41) is 14.4. The van der Waals surface area contributed by atoms with Crippen LogP contribution in [0.5, 0.6) is 0 Å². The highest BCUT2D eigenvalue weighted by molar-refractivity contribution is 5.49. The van der Waals surface area contributed by atoms with Crippen LogP contribution in [-0.2, 0) is 13.0 Å². The average molecular weight is 267 g/mol. The van der Waals surface area contributed by atoms with Crippen molar-refractivity contribution in [2.45, 2.75) is 26.8 Å². The highest BCUT2D eigenvalue weighted by Crippen LogP contribution is 2.12. The zero-order valence-corrected chi connectivity index (χ0v) is 11.6. The topological polar surface area (TPSA) is 73.6 Å². The molecule has 1 aromatic heterocycles. The minimum absolute atomic E-state index is 0.504. The number of anilines is 2. The predicted molar refractivity (Wildman–Crippen MR) is 79.2 cm³/mol. The van der Waals surface area contributed by atoms with Crippen molar-refractivity contribution in [3.05, 3.63) is 47.3 Å². The molecule has 0 amide bonds. The van der Waals surface area contributed by atoms with E-state index in [0.717, 1.165) is 6.42 Å². The summed E-state index contributed by atoms with van der Waals surface area (Å²) < 4.78 is 0. The van der Waals surface area contributed by atoms with Crippen molar-refractivity contribution in [1.29, 1.82) is 5.26 Å². The lowest BCUT2D eigenvalue weighted by Crippen LogP contribution is -2.05. The Morgan fingerprint density at radius 1 is 1.10 bits per heavy atom. The fourth-order valence-electron chi connectivity index (χ4n) is 1.86. The maximum absolute atomic E-state index is 8.62. The predicted octanol–water partition coefficient (Wildman–Crippen LogP) is 2.85. The maximum Gasteiger partial charge on any atom is 0.182 e. The van der Waals surface area contributed by atoms with Crippen LogP contribution in [0.1, 0.15) is 23.9 Å². The van der Waals surface area contributed by atoms with Crippen LogP contribution in [0, 0.1) is 18.4 Å². The molecule has 0 atom stereocenters. The molecule has 0 bridgehead atoms. The van der Waals surface area contributed by atoms with Crippen LogP contribution >= 0.6 is 0 Å². The number of benzene rings is 1. The molecule has 5 nitrogen and oxygen atoms in total. The molecular weight excluding hydrogens is 250 g/mol. The summed E-state index contributed by atoms with van der Waals surface area (Å²) in [6.45, 7) is 4.62. The number of hydrogen-bond donors (Lipinski definition) is 2. The van der Waals surface area contributed by atoms with Crippen LogP contribution in [0.2, 0.25) is 0 Å². The molecule has 0 saturated carbocycles. The van der Waals surface area contributed by atoms with E-state index in [-0.39, 0.29) is 0 Å². The third-order valence-electron chi connectivity index (χ3n) is 2.93. The fraction of sp³-hybridized carbons (Fsp3) is 0.267. The third kappa shape index (κ3) is 3.69. The average Bonchev–Trinajstić information content (AvgIpc) is 2.45. The molecule has 0 aliphatic heterocycles. The molecule has 0 fully saturated rings. The summed E-state index contributed by atoms with van der Waals surface area (Å²) in [5.74, 6) is 1.83. The van der Waals surface area contributed by atoms with Crippen molar-refractivity contribution >= 4 is 11.6 Å². The molecule has 102 valence electrons. The molecule has 0 aliphatic rings. The van der Waals surface area contributed by atoms with E-state index < -0.39 is 0 Å². The van der Waals surface area contributed by atoms with E-state index in [1.807, 2.05) is 6.19 Å². The number of nitrogens with one attached hydrogen (secondary N) is 2. The lowest BCUT2D eigenvalue weighted by Gasteiger charge is -2.08. The van der Waals surface area contributed by atoms with Crippen molar-refractivity contribution < 1.29 is 0 Å². The molecule has 0 aliphatic carbocycles. The van der Waals surface area contributed by atoms with Crippen LogP contribution in [0.15, 0.2) is 30.3 Å². The van der Waals surface area contributed by atoms with Crippen LogP contribution in [0.4, 0.5) is 11.6 Å². The number of nitrogens with zero attached hydrogens (tertiary/aromatic N) is 3. The molecule has 1 heterocycles. The second-order valence-corrected chi connectivity index (χ2v) is 4.45. The minimum Gasteiger partial charge on any atom is -0.366 e. The van der Waals surface area contributed by atoms with Gasteiger partial charge in [0.15, 0.2) is 6.19 Å². The van der Waals surface area contributed by atoms with E-state index in [0.29, 0.717) is 24.0 Å². The van der Waals surface area contributed by atoms with Crippen LogP contribution in [0.3, 0.4) is 0 Å². The van der Waals surface area contributed by atoms with Crippen LogP contribution in [-0.4, -0.2) is 9.97 Å². The van der Waals surface area contributed by atoms with Crippen LogP contribution < -0.4 is 10.6 Å². The second-order valence-electron chi connectivity index (χ2n) is 4.45. The third-order valence-corrected chi connectivity index (χ3v) is 2.93. The van der Waals surface area contributed by atoms with Gasteiger partial charge in [0.25, 0.3) is 0 Å². The Morgan fingerprint density at radius 3 is 2.40 bits per heavy atom. The SMILES string of the molecule is CCc1ccc(CNc2cc(NC#N)nc(C)n2)cc1. The van der Waals surface area contributed by atoms with E-state index in [9.17, 15) is 0 Å². The largest absolute Gasteiger partial charge is 0.366 e. The Kier molecular flexibility index (Phi) is 4.51.